The summed E-state index contributed by atoms with van der Waals surface area (Å²) in [7, 11) is 0. The molecule has 2 N–H and O–H groups in total. The zero-order valence-electron chi connectivity index (χ0n) is 11.6. The molecule has 2 fully saturated rings. The van der Waals surface area contributed by atoms with Gasteiger partial charge in [-0.2, -0.15) is 0 Å². The van der Waals surface area contributed by atoms with Gasteiger partial charge in [-0.25, -0.2) is 4.98 Å². The van der Waals surface area contributed by atoms with E-state index in [9.17, 15) is 0 Å². The molecule has 0 radical (unpaired) electrons. The Morgan fingerprint density at radius 1 is 1.37 bits per heavy atom. The van der Waals surface area contributed by atoms with Crippen molar-refractivity contribution in [1.29, 1.82) is 0 Å². The third-order valence-corrected chi connectivity index (χ3v) is 4.26. The van der Waals surface area contributed by atoms with Crippen LogP contribution in [0.1, 0.15) is 36.9 Å². The largest absolute Gasteiger partial charge is 0.374 e. The van der Waals surface area contributed by atoms with Crippen LogP contribution in [0.5, 0.6) is 0 Å². The van der Waals surface area contributed by atoms with Gasteiger partial charge in [0.05, 0.1) is 18.8 Å². The number of aromatic nitrogens is 1. The van der Waals surface area contributed by atoms with Gasteiger partial charge in [-0.1, -0.05) is 12.8 Å². The molecule has 104 valence electrons. The van der Waals surface area contributed by atoms with E-state index in [0.29, 0.717) is 18.7 Å². The van der Waals surface area contributed by atoms with Crippen molar-refractivity contribution in [2.45, 2.75) is 51.3 Å². The number of anilines is 1. The molecule has 1 saturated carbocycles. The highest BCUT2D eigenvalue weighted by atomic mass is 16.5. The SMILES string of the molecule is Cc1cc(CN)cc(N2CCOC3CCCCC32)n1. The highest BCUT2D eigenvalue weighted by Crippen LogP contribution is 2.31. The van der Waals surface area contributed by atoms with Crippen LogP contribution >= 0.6 is 0 Å². The van der Waals surface area contributed by atoms with Crippen molar-refractivity contribution in [3.05, 3.63) is 23.4 Å². The Kier molecular flexibility index (Phi) is 3.71. The van der Waals surface area contributed by atoms with Crippen LogP contribution in [-0.2, 0) is 11.3 Å². The molecule has 0 aromatic carbocycles. The van der Waals surface area contributed by atoms with E-state index in [1.165, 1.54) is 31.2 Å². The fourth-order valence-corrected chi connectivity index (χ4v) is 3.37. The Bertz CT molecular complexity index is 447. The van der Waals surface area contributed by atoms with E-state index in [1.807, 2.05) is 6.92 Å². The Balaban J connectivity index is 1.89. The summed E-state index contributed by atoms with van der Waals surface area (Å²) in [6, 6.07) is 4.72. The summed E-state index contributed by atoms with van der Waals surface area (Å²) < 4.78 is 5.93. The summed E-state index contributed by atoms with van der Waals surface area (Å²) in [5, 5.41) is 0. The number of rotatable bonds is 2. The van der Waals surface area contributed by atoms with Crippen LogP contribution in [0.2, 0.25) is 0 Å². The van der Waals surface area contributed by atoms with Gasteiger partial charge in [0.1, 0.15) is 5.82 Å². The van der Waals surface area contributed by atoms with E-state index in [-0.39, 0.29) is 0 Å². The number of hydrogen-bond donors (Lipinski definition) is 1. The molecule has 2 aliphatic rings. The van der Waals surface area contributed by atoms with Crippen LogP contribution in [0.25, 0.3) is 0 Å². The van der Waals surface area contributed by atoms with E-state index < -0.39 is 0 Å². The second-order valence-corrected chi connectivity index (χ2v) is 5.63. The molecule has 4 nitrogen and oxygen atoms in total. The first-order chi connectivity index (χ1) is 9.28. The summed E-state index contributed by atoms with van der Waals surface area (Å²) in [6.07, 6.45) is 5.40. The molecule has 2 atom stereocenters. The first-order valence-electron chi connectivity index (χ1n) is 7.34. The first-order valence-corrected chi connectivity index (χ1v) is 7.34. The van der Waals surface area contributed by atoms with Gasteiger partial charge in [-0.05, 0) is 37.5 Å². The molecule has 4 heteroatoms. The van der Waals surface area contributed by atoms with Crippen molar-refractivity contribution in [2.75, 3.05) is 18.1 Å². The molecule has 1 saturated heterocycles. The Hall–Kier alpha value is -1.13. The second-order valence-electron chi connectivity index (χ2n) is 5.63. The number of morpholine rings is 1. The molecular weight excluding hydrogens is 238 g/mol. The minimum absolute atomic E-state index is 0.395. The van der Waals surface area contributed by atoms with Crippen LogP contribution in [0.4, 0.5) is 5.82 Å². The van der Waals surface area contributed by atoms with Gasteiger partial charge >= 0.3 is 0 Å². The molecule has 1 aromatic rings. The molecule has 2 unspecified atom stereocenters. The Morgan fingerprint density at radius 2 is 2.21 bits per heavy atom. The summed E-state index contributed by atoms with van der Waals surface area (Å²) >= 11 is 0. The van der Waals surface area contributed by atoms with Crippen molar-refractivity contribution in [2.24, 2.45) is 5.73 Å². The fraction of sp³-hybridized carbons (Fsp3) is 0.667. The predicted molar refractivity (Wildman–Crippen MR) is 76.2 cm³/mol. The average molecular weight is 261 g/mol. The number of pyridine rings is 1. The highest BCUT2D eigenvalue weighted by Gasteiger charge is 2.34. The van der Waals surface area contributed by atoms with Gasteiger partial charge in [0.15, 0.2) is 0 Å². The maximum Gasteiger partial charge on any atom is 0.129 e. The number of ether oxygens (including phenoxy) is 1. The Labute approximate surface area is 115 Å². The lowest BCUT2D eigenvalue weighted by Crippen LogP contribution is -2.53. The minimum Gasteiger partial charge on any atom is -0.374 e. The molecule has 0 spiro atoms. The van der Waals surface area contributed by atoms with Gasteiger partial charge in [0.2, 0.25) is 0 Å². The summed E-state index contributed by atoms with van der Waals surface area (Å²) in [5.41, 5.74) is 8.00. The normalized spacial score (nSPS) is 27.2. The number of nitrogens with zero attached hydrogens (tertiary/aromatic N) is 2. The van der Waals surface area contributed by atoms with Gasteiger partial charge in [0.25, 0.3) is 0 Å². The van der Waals surface area contributed by atoms with E-state index in [0.717, 1.165) is 24.7 Å². The molecule has 0 amide bonds. The van der Waals surface area contributed by atoms with Crippen molar-refractivity contribution >= 4 is 5.82 Å². The molecule has 2 heterocycles. The van der Waals surface area contributed by atoms with Crippen molar-refractivity contribution < 1.29 is 4.74 Å². The van der Waals surface area contributed by atoms with E-state index in [1.54, 1.807) is 0 Å². The third-order valence-electron chi connectivity index (χ3n) is 4.26. The van der Waals surface area contributed by atoms with Crippen molar-refractivity contribution in [3.8, 4) is 0 Å². The van der Waals surface area contributed by atoms with Gasteiger partial charge in [-0.3, -0.25) is 0 Å². The average Bonchev–Trinajstić information content (AvgIpc) is 2.46. The monoisotopic (exact) mass is 261 g/mol. The molecular formula is C15H23N3O. The number of nitrogens with two attached hydrogens (primary N) is 1. The topological polar surface area (TPSA) is 51.4 Å². The number of fused-ring (bicyclic) bond motifs is 1. The Morgan fingerprint density at radius 3 is 3.05 bits per heavy atom. The number of hydrogen-bond acceptors (Lipinski definition) is 4. The van der Waals surface area contributed by atoms with E-state index in [2.05, 4.69) is 17.0 Å². The van der Waals surface area contributed by atoms with Crippen LogP contribution in [0, 0.1) is 6.92 Å². The lowest BCUT2D eigenvalue weighted by Gasteiger charge is -2.44. The van der Waals surface area contributed by atoms with Gasteiger partial charge in [-0.15, -0.1) is 0 Å². The zero-order valence-corrected chi connectivity index (χ0v) is 11.6. The lowest BCUT2D eigenvalue weighted by molar-refractivity contribution is -0.00900. The number of aryl methyl sites for hydroxylation is 1. The van der Waals surface area contributed by atoms with Gasteiger partial charge < -0.3 is 15.4 Å². The van der Waals surface area contributed by atoms with Crippen molar-refractivity contribution in [3.63, 3.8) is 0 Å². The van der Waals surface area contributed by atoms with Crippen molar-refractivity contribution in [1.82, 2.24) is 4.98 Å². The maximum atomic E-state index is 5.93. The van der Waals surface area contributed by atoms with E-state index in [4.69, 9.17) is 15.5 Å². The van der Waals surface area contributed by atoms with Crippen LogP contribution in [-0.4, -0.2) is 30.3 Å². The van der Waals surface area contributed by atoms with Crippen LogP contribution in [0.3, 0.4) is 0 Å². The molecule has 3 rings (SSSR count). The van der Waals surface area contributed by atoms with Crippen LogP contribution in [0.15, 0.2) is 12.1 Å². The highest BCUT2D eigenvalue weighted by molar-refractivity contribution is 5.44. The predicted octanol–water partition coefficient (Wildman–Crippen LogP) is 2.00. The minimum atomic E-state index is 0.395. The summed E-state index contributed by atoms with van der Waals surface area (Å²) in [4.78, 5) is 7.16. The smallest absolute Gasteiger partial charge is 0.129 e. The second kappa shape index (κ2) is 5.47. The summed E-state index contributed by atoms with van der Waals surface area (Å²) in [6.45, 7) is 4.38. The third kappa shape index (κ3) is 2.60. The molecule has 0 bridgehead atoms. The lowest BCUT2D eigenvalue weighted by atomic mass is 9.90. The fourth-order valence-electron chi connectivity index (χ4n) is 3.37. The zero-order chi connectivity index (χ0) is 13.2. The van der Waals surface area contributed by atoms with E-state index >= 15 is 0 Å². The standard InChI is InChI=1S/C15H23N3O/c1-11-8-12(10-16)9-15(17-11)18-6-7-19-14-5-3-2-4-13(14)18/h8-9,13-14H,2-7,10,16H2,1H3. The molecule has 1 aromatic heterocycles. The summed E-state index contributed by atoms with van der Waals surface area (Å²) in [5.74, 6) is 1.08. The maximum absolute atomic E-state index is 5.93. The quantitative estimate of drug-likeness (QED) is 0.884. The molecule has 1 aliphatic carbocycles. The molecule has 19 heavy (non-hydrogen) atoms. The van der Waals surface area contributed by atoms with Gasteiger partial charge in [0, 0.05) is 18.8 Å². The first kappa shape index (κ1) is 12.9. The molecule has 1 aliphatic heterocycles. The van der Waals surface area contributed by atoms with Crippen LogP contribution < -0.4 is 10.6 Å².